The van der Waals surface area contributed by atoms with Crippen molar-refractivity contribution >= 4 is 17.4 Å². The van der Waals surface area contributed by atoms with Crippen LogP contribution in [0.1, 0.15) is 0 Å². The van der Waals surface area contributed by atoms with Gasteiger partial charge in [0.1, 0.15) is 11.5 Å². The van der Waals surface area contributed by atoms with E-state index in [0.29, 0.717) is 16.5 Å². The normalized spacial score (nSPS) is 10.8. The van der Waals surface area contributed by atoms with Gasteiger partial charge in [-0.15, -0.1) is 0 Å². The van der Waals surface area contributed by atoms with E-state index < -0.39 is 0 Å². The Balaban J connectivity index is 2.25. The molecule has 21 heavy (non-hydrogen) atoms. The predicted octanol–water partition coefficient (Wildman–Crippen LogP) is 2.68. The number of nitrogens with two attached hydrogens (primary N) is 1. The van der Waals surface area contributed by atoms with Crippen molar-refractivity contribution in [2.45, 2.75) is 0 Å². The van der Waals surface area contributed by atoms with Crippen LogP contribution in [-0.4, -0.2) is 14.8 Å². The Morgan fingerprint density at radius 1 is 1.19 bits per heavy atom. The second-order valence-corrected chi connectivity index (χ2v) is 5.12. The summed E-state index contributed by atoms with van der Waals surface area (Å²) in [5.41, 5.74) is 9.03. The molecule has 3 rings (SSSR count). The first kappa shape index (κ1) is 13.5. The molecule has 0 radical (unpaired) electrons. The van der Waals surface area contributed by atoms with Gasteiger partial charge in [-0.1, -0.05) is 23.7 Å². The number of nitrogen functional groups attached to an aromatic ring is 1. The number of pyridine rings is 1. The predicted molar refractivity (Wildman–Crippen MR) is 84.1 cm³/mol. The third kappa shape index (κ3) is 2.43. The van der Waals surface area contributed by atoms with Crippen molar-refractivity contribution in [1.82, 2.24) is 14.8 Å². The molecule has 0 amide bonds. The molecule has 106 valence electrons. The molecule has 0 spiro atoms. The fourth-order valence-electron chi connectivity index (χ4n) is 2.23. The molecular formula is C15H13ClN4O. The number of H-pyrrole nitrogens is 1. The number of aromatic amines is 1. The monoisotopic (exact) mass is 300 g/mol. The lowest BCUT2D eigenvalue weighted by molar-refractivity contribution is 0.782. The Morgan fingerprint density at radius 3 is 2.57 bits per heavy atom. The third-order valence-electron chi connectivity index (χ3n) is 3.27. The van der Waals surface area contributed by atoms with Crippen LogP contribution in [0.25, 0.3) is 22.4 Å². The summed E-state index contributed by atoms with van der Waals surface area (Å²) < 4.78 is 1.60. The van der Waals surface area contributed by atoms with E-state index in [9.17, 15) is 4.79 Å². The zero-order valence-corrected chi connectivity index (χ0v) is 12.1. The number of rotatable bonds is 2. The Hall–Kier alpha value is -2.53. The lowest BCUT2D eigenvalue weighted by Gasteiger charge is -2.04. The molecule has 3 N–H and O–H groups in total. The quantitative estimate of drug-likeness (QED) is 0.764. The molecule has 0 bridgehead atoms. The molecule has 0 unspecified atom stereocenters. The Bertz CT molecular complexity index is 849. The topological polar surface area (TPSA) is 76.7 Å². The van der Waals surface area contributed by atoms with Crippen LogP contribution < -0.4 is 11.3 Å². The third-order valence-corrected chi connectivity index (χ3v) is 3.52. The minimum atomic E-state index is -0.182. The summed E-state index contributed by atoms with van der Waals surface area (Å²) in [7, 11) is 1.77. The van der Waals surface area contributed by atoms with Gasteiger partial charge in [0.15, 0.2) is 0 Å². The Labute approximate surface area is 126 Å². The molecule has 0 saturated carbocycles. The van der Waals surface area contributed by atoms with Gasteiger partial charge in [-0.05, 0) is 23.8 Å². The van der Waals surface area contributed by atoms with E-state index in [0.717, 1.165) is 16.7 Å². The smallest absolute Gasteiger partial charge is 0.248 e. The van der Waals surface area contributed by atoms with Crippen LogP contribution in [-0.2, 0) is 7.05 Å². The highest BCUT2D eigenvalue weighted by Crippen LogP contribution is 2.35. The first-order valence-corrected chi connectivity index (χ1v) is 6.71. The van der Waals surface area contributed by atoms with Crippen LogP contribution in [0.4, 0.5) is 5.82 Å². The maximum Gasteiger partial charge on any atom is 0.248 e. The molecule has 0 aliphatic rings. The fourth-order valence-corrected chi connectivity index (χ4v) is 2.36. The van der Waals surface area contributed by atoms with Gasteiger partial charge in [0.2, 0.25) is 5.56 Å². The molecular weight excluding hydrogens is 288 g/mol. The first-order chi connectivity index (χ1) is 10.1. The van der Waals surface area contributed by atoms with E-state index in [1.165, 1.54) is 6.07 Å². The lowest BCUT2D eigenvalue weighted by Crippen LogP contribution is -2.02. The molecule has 1 aromatic carbocycles. The van der Waals surface area contributed by atoms with E-state index in [-0.39, 0.29) is 5.56 Å². The van der Waals surface area contributed by atoms with Crippen LogP contribution in [0.5, 0.6) is 0 Å². The van der Waals surface area contributed by atoms with Gasteiger partial charge < -0.3 is 10.7 Å². The van der Waals surface area contributed by atoms with Crippen molar-refractivity contribution in [2.75, 3.05) is 5.73 Å². The van der Waals surface area contributed by atoms with Gasteiger partial charge in [-0.2, -0.15) is 5.10 Å². The van der Waals surface area contributed by atoms with E-state index in [4.69, 9.17) is 17.3 Å². The minimum absolute atomic E-state index is 0.182. The number of aryl methyl sites for hydroxylation is 1. The number of nitrogens with zero attached hydrogens (tertiary/aromatic N) is 2. The van der Waals surface area contributed by atoms with E-state index in [2.05, 4.69) is 10.1 Å². The summed E-state index contributed by atoms with van der Waals surface area (Å²) in [4.78, 5) is 14.1. The molecule has 2 heterocycles. The summed E-state index contributed by atoms with van der Waals surface area (Å²) >= 11 is 5.92. The summed E-state index contributed by atoms with van der Waals surface area (Å²) in [5.74, 6) is 0.535. The molecule has 0 aliphatic heterocycles. The summed E-state index contributed by atoms with van der Waals surface area (Å²) in [6.07, 6.45) is 1.59. The number of aromatic nitrogens is 3. The van der Waals surface area contributed by atoms with Gasteiger partial charge in [-0.3, -0.25) is 9.48 Å². The number of hydrogen-bond acceptors (Lipinski definition) is 3. The van der Waals surface area contributed by atoms with Crippen molar-refractivity contribution in [3.63, 3.8) is 0 Å². The zero-order valence-electron chi connectivity index (χ0n) is 11.3. The summed E-state index contributed by atoms with van der Waals surface area (Å²) in [6, 6.07) is 10.7. The molecule has 0 atom stereocenters. The maximum atomic E-state index is 11.5. The molecule has 0 aliphatic carbocycles. The second-order valence-electron chi connectivity index (χ2n) is 4.68. The largest absolute Gasteiger partial charge is 0.383 e. The zero-order chi connectivity index (χ0) is 15.0. The van der Waals surface area contributed by atoms with Crippen molar-refractivity contribution < 1.29 is 0 Å². The number of halogens is 1. The van der Waals surface area contributed by atoms with Crippen LogP contribution in [0.2, 0.25) is 5.02 Å². The van der Waals surface area contributed by atoms with Crippen LogP contribution in [0.15, 0.2) is 47.4 Å². The van der Waals surface area contributed by atoms with Crippen molar-refractivity contribution in [2.24, 2.45) is 7.05 Å². The van der Waals surface area contributed by atoms with Gasteiger partial charge in [0.25, 0.3) is 0 Å². The average molecular weight is 301 g/mol. The van der Waals surface area contributed by atoms with E-state index in [1.54, 1.807) is 36.1 Å². The number of nitrogens with one attached hydrogen (secondary N) is 1. The molecule has 0 fully saturated rings. The van der Waals surface area contributed by atoms with Gasteiger partial charge >= 0.3 is 0 Å². The highest BCUT2D eigenvalue weighted by molar-refractivity contribution is 6.30. The number of hydrogen-bond donors (Lipinski definition) is 2. The Kier molecular flexibility index (Phi) is 3.27. The first-order valence-electron chi connectivity index (χ1n) is 6.34. The minimum Gasteiger partial charge on any atom is -0.383 e. The number of benzene rings is 1. The molecule has 0 saturated heterocycles. The second kappa shape index (κ2) is 5.10. The molecule has 5 nitrogen and oxygen atoms in total. The number of anilines is 1. The van der Waals surface area contributed by atoms with Gasteiger partial charge in [0.05, 0.1) is 5.56 Å². The Morgan fingerprint density at radius 2 is 1.90 bits per heavy atom. The van der Waals surface area contributed by atoms with E-state index >= 15 is 0 Å². The fraction of sp³-hybridized carbons (Fsp3) is 0.0667. The highest BCUT2D eigenvalue weighted by atomic mass is 35.5. The van der Waals surface area contributed by atoms with Crippen LogP contribution in [0, 0.1) is 0 Å². The van der Waals surface area contributed by atoms with E-state index in [1.807, 2.05) is 12.1 Å². The molecule has 2 aromatic heterocycles. The van der Waals surface area contributed by atoms with Crippen molar-refractivity contribution in [1.29, 1.82) is 0 Å². The van der Waals surface area contributed by atoms with Crippen molar-refractivity contribution in [3.05, 3.63) is 58.0 Å². The summed E-state index contributed by atoms with van der Waals surface area (Å²) in [5, 5.41) is 5.08. The maximum absolute atomic E-state index is 11.5. The van der Waals surface area contributed by atoms with Crippen molar-refractivity contribution in [3.8, 4) is 22.4 Å². The molecule has 3 aromatic rings. The standard InChI is InChI=1S/C15H13ClN4O/c1-20-15(17)13(9-2-4-11(16)5-3-9)14(19-20)10-6-7-18-12(21)8-10/h2-8H,17H2,1H3,(H,18,21). The van der Waals surface area contributed by atoms with Crippen LogP contribution >= 0.6 is 11.6 Å². The lowest BCUT2D eigenvalue weighted by atomic mass is 10.0. The molecule has 6 heteroatoms. The SMILES string of the molecule is Cn1nc(-c2cc[nH]c(=O)c2)c(-c2ccc(Cl)cc2)c1N. The van der Waals surface area contributed by atoms with Gasteiger partial charge in [0, 0.05) is 29.9 Å². The highest BCUT2D eigenvalue weighted by Gasteiger charge is 2.17. The van der Waals surface area contributed by atoms with Crippen LogP contribution in [0.3, 0.4) is 0 Å². The van der Waals surface area contributed by atoms with Gasteiger partial charge in [-0.25, -0.2) is 0 Å². The average Bonchev–Trinajstić information content (AvgIpc) is 2.76. The summed E-state index contributed by atoms with van der Waals surface area (Å²) in [6.45, 7) is 0.